The number of likely N-dealkylation sites (tertiary alicyclic amines) is 1. The number of rotatable bonds is 5. The van der Waals surface area contributed by atoms with Crippen LogP contribution in [0.15, 0.2) is 10.2 Å². The zero-order valence-electron chi connectivity index (χ0n) is 10.1. The monoisotopic (exact) mass is 269 g/mol. The van der Waals surface area contributed by atoms with Crippen LogP contribution in [0.5, 0.6) is 0 Å². The molecule has 0 aliphatic carbocycles. The third-order valence-corrected chi connectivity index (χ3v) is 3.52. The van der Waals surface area contributed by atoms with Crippen LogP contribution in [0.2, 0.25) is 0 Å². The van der Waals surface area contributed by atoms with Crippen molar-refractivity contribution in [1.29, 1.82) is 0 Å². The zero-order chi connectivity index (χ0) is 13.1. The molecule has 1 atom stereocenters. The molecule has 1 aromatic heterocycles. The molecule has 2 amide bonds. The highest BCUT2D eigenvalue weighted by Crippen LogP contribution is 2.13. The molecule has 0 saturated carbocycles. The average Bonchev–Trinajstić information content (AvgIpc) is 2.86. The minimum absolute atomic E-state index is 0.117. The van der Waals surface area contributed by atoms with Crippen LogP contribution in [0.4, 0.5) is 0 Å². The molecule has 7 heteroatoms. The Morgan fingerprint density at radius 3 is 2.89 bits per heavy atom. The Kier molecular flexibility index (Phi) is 3.93. The smallest absolute Gasteiger partial charge is 0.304 e. The Hall–Kier alpha value is -1.47. The fourth-order valence-corrected chi connectivity index (χ4v) is 2.52. The lowest BCUT2D eigenvalue weighted by molar-refractivity contribution is -0.138. The van der Waals surface area contributed by atoms with Crippen molar-refractivity contribution >= 4 is 23.2 Å². The molecule has 98 valence electrons. The summed E-state index contributed by atoms with van der Waals surface area (Å²) >= 11 is 1.08. The first kappa shape index (κ1) is 13.0. The molecule has 1 unspecified atom stereocenters. The molecule has 1 aliphatic heterocycles. The van der Waals surface area contributed by atoms with Gasteiger partial charge in [-0.15, -0.1) is 0 Å². The molecule has 2 N–H and O–H groups in total. The van der Waals surface area contributed by atoms with Crippen LogP contribution in [-0.2, 0) is 16.1 Å². The summed E-state index contributed by atoms with van der Waals surface area (Å²) < 4.78 is 0. The van der Waals surface area contributed by atoms with Crippen LogP contribution in [0.25, 0.3) is 0 Å². The fraction of sp³-hybridized carbons (Fsp3) is 0.545. The lowest BCUT2D eigenvalue weighted by atomic mass is 10.2. The summed E-state index contributed by atoms with van der Waals surface area (Å²) in [7, 11) is 0. The molecule has 18 heavy (non-hydrogen) atoms. The SMILES string of the molecule is CCCN1C(=O)CC(NCc2csc(=O)[nH]2)C1=O. The molecule has 1 saturated heterocycles. The van der Waals surface area contributed by atoms with Crippen LogP contribution in [0.1, 0.15) is 25.5 Å². The number of H-pyrrole nitrogens is 1. The number of aromatic amines is 1. The number of thiazole rings is 1. The van der Waals surface area contributed by atoms with E-state index in [0.29, 0.717) is 13.1 Å². The minimum Gasteiger partial charge on any atom is -0.315 e. The molecule has 1 aromatic rings. The summed E-state index contributed by atoms with van der Waals surface area (Å²) in [5.41, 5.74) is 0.735. The van der Waals surface area contributed by atoms with Crippen molar-refractivity contribution in [2.45, 2.75) is 32.4 Å². The van der Waals surface area contributed by atoms with Gasteiger partial charge in [-0.2, -0.15) is 0 Å². The fourth-order valence-electron chi connectivity index (χ4n) is 1.93. The number of nitrogens with one attached hydrogen (secondary N) is 2. The highest BCUT2D eigenvalue weighted by molar-refractivity contribution is 7.07. The van der Waals surface area contributed by atoms with Gasteiger partial charge < -0.3 is 4.98 Å². The predicted octanol–water partition coefficient (Wildman–Crippen LogP) is 0.0635. The van der Waals surface area contributed by atoms with E-state index in [1.54, 1.807) is 5.38 Å². The highest BCUT2D eigenvalue weighted by Gasteiger charge is 2.37. The van der Waals surface area contributed by atoms with E-state index in [-0.39, 0.29) is 23.1 Å². The quantitative estimate of drug-likeness (QED) is 0.741. The van der Waals surface area contributed by atoms with Crippen LogP contribution in [0.3, 0.4) is 0 Å². The highest BCUT2D eigenvalue weighted by atomic mass is 32.1. The first-order valence-corrected chi connectivity index (χ1v) is 6.74. The second kappa shape index (κ2) is 5.45. The maximum Gasteiger partial charge on any atom is 0.304 e. The molecule has 0 spiro atoms. The molecule has 6 nitrogen and oxygen atoms in total. The second-order valence-corrected chi connectivity index (χ2v) is 5.04. The van der Waals surface area contributed by atoms with E-state index < -0.39 is 6.04 Å². The third-order valence-electron chi connectivity index (χ3n) is 2.80. The summed E-state index contributed by atoms with van der Waals surface area (Å²) in [6, 6.07) is -0.465. The Morgan fingerprint density at radius 1 is 1.50 bits per heavy atom. The number of carbonyl (C=O) groups is 2. The number of aromatic nitrogens is 1. The Bertz CT molecular complexity index is 508. The van der Waals surface area contributed by atoms with E-state index >= 15 is 0 Å². The van der Waals surface area contributed by atoms with Crippen molar-refractivity contribution < 1.29 is 9.59 Å². The van der Waals surface area contributed by atoms with Gasteiger partial charge in [0.15, 0.2) is 0 Å². The summed E-state index contributed by atoms with van der Waals surface area (Å²) in [6.07, 6.45) is 0.968. The van der Waals surface area contributed by atoms with Crippen molar-refractivity contribution in [3.63, 3.8) is 0 Å². The average molecular weight is 269 g/mol. The van der Waals surface area contributed by atoms with E-state index in [4.69, 9.17) is 0 Å². The summed E-state index contributed by atoms with van der Waals surface area (Å²) in [6.45, 7) is 2.80. The summed E-state index contributed by atoms with van der Waals surface area (Å²) in [5, 5.41) is 4.71. The first-order chi connectivity index (χ1) is 8.61. The van der Waals surface area contributed by atoms with Crippen LogP contribution in [0, 0.1) is 0 Å². The van der Waals surface area contributed by atoms with Gasteiger partial charge in [-0.25, -0.2) is 0 Å². The Balaban J connectivity index is 1.93. The van der Waals surface area contributed by atoms with Crippen LogP contribution < -0.4 is 10.2 Å². The van der Waals surface area contributed by atoms with Crippen LogP contribution >= 0.6 is 11.3 Å². The predicted molar refractivity (Wildman–Crippen MR) is 67.2 cm³/mol. The van der Waals surface area contributed by atoms with Gasteiger partial charge in [0, 0.05) is 24.2 Å². The van der Waals surface area contributed by atoms with Gasteiger partial charge in [-0.1, -0.05) is 18.3 Å². The van der Waals surface area contributed by atoms with E-state index in [1.807, 2.05) is 6.92 Å². The Labute approximate surface area is 108 Å². The van der Waals surface area contributed by atoms with Gasteiger partial charge >= 0.3 is 4.87 Å². The van der Waals surface area contributed by atoms with Crippen molar-refractivity contribution in [2.75, 3.05) is 6.54 Å². The van der Waals surface area contributed by atoms with Gasteiger partial charge in [0.2, 0.25) is 11.8 Å². The Morgan fingerprint density at radius 2 is 2.28 bits per heavy atom. The number of imide groups is 1. The molecule has 2 heterocycles. The minimum atomic E-state index is -0.465. The van der Waals surface area contributed by atoms with Gasteiger partial charge in [-0.3, -0.25) is 24.6 Å². The summed E-state index contributed by atoms with van der Waals surface area (Å²) in [5.74, 6) is -0.294. The number of amides is 2. The van der Waals surface area contributed by atoms with E-state index in [0.717, 1.165) is 23.5 Å². The summed E-state index contributed by atoms with van der Waals surface area (Å²) in [4.78, 5) is 38.3. The number of carbonyl (C=O) groups excluding carboxylic acids is 2. The normalized spacial score (nSPS) is 19.8. The number of nitrogens with zero attached hydrogens (tertiary/aromatic N) is 1. The van der Waals surface area contributed by atoms with Gasteiger partial charge in [0.05, 0.1) is 12.5 Å². The lowest BCUT2D eigenvalue weighted by Crippen LogP contribution is -2.38. The van der Waals surface area contributed by atoms with Gasteiger partial charge in [0.25, 0.3) is 0 Å². The molecule has 1 fully saturated rings. The topological polar surface area (TPSA) is 82.3 Å². The maximum absolute atomic E-state index is 11.9. The molecular weight excluding hydrogens is 254 g/mol. The van der Waals surface area contributed by atoms with Crippen molar-refractivity contribution in [3.05, 3.63) is 20.7 Å². The third kappa shape index (κ3) is 2.68. The molecule has 0 bridgehead atoms. The molecule has 0 aromatic carbocycles. The van der Waals surface area contributed by atoms with E-state index in [1.165, 1.54) is 4.90 Å². The maximum atomic E-state index is 11.9. The lowest BCUT2D eigenvalue weighted by Gasteiger charge is -2.13. The van der Waals surface area contributed by atoms with Gasteiger partial charge in [0.1, 0.15) is 0 Å². The molecule has 2 rings (SSSR count). The molecule has 0 radical (unpaired) electrons. The van der Waals surface area contributed by atoms with Crippen molar-refractivity contribution in [3.8, 4) is 0 Å². The van der Waals surface area contributed by atoms with Gasteiger partial charge in [-0.05, 0) is 6.42 Å². The van der Waals surface area contributed by atoms with Crippen LogP contribution in [-0.4, -0.2) is 34.3 Å². The first-order valence-electron chi connectivity index (χ1n) is 5.86. The standard InChI is InChI=1S/C11H15N3O3S/c1-2-3-14-9(15)4-8(10(14)16)12-5-7-6-18-11(17)13-7/h6,8,12H,2-5H2,1H3,(H,13,17). The van der Waals surface area contributed by atoms with Crippen molar-refractivity contribution in [2.24, 2.45) is 0 Å². The number of hydrogen-bond donors (Lipinski definition) is 2. The number of hydrogen-bond acceptors (Lipinski definition) is 5. The molecular formula is C11H15N3O3S. The van der Waals surface area contributed by atoms with E-state index in [2.05, 4.69) is 10.3 Å². The second-order valence-electron chi connectivity index (χ2n) is 4.19. The van der Waals surface area contributed by atoms with Crippen molar-refractivity contribution in [1.82, 2.24) is 15.2 Å². The van der Waals surface area contributed by atoms with E-state index in [9.17, 15) is 14.4 Å². The zero-order valence-corrected chi connectivity index (χ0v) is 10.9. The molecule has 1 aliphatic rings. The largest absolute Gasteiger partial charge is 0.315 e.